The van der Waals surface area contributed by atoms with Gasteiger partial charge in [0.15, 0.2) is 0 Å². The van der Waals surface area contributed by atoms with Crippen LogP contribution in [-0.2, 0) is 25.7 Å². The third-order valence-electron chi connectivity index (χ3n) is 5.13. The summed E-state index contributed by atoms with van der Waals surface area (Å²) in [4.78, 5) is 41.6. The molecular formula is C23H19ClN2O4S2. The van der Waals surface area contributed by atoms with E-state index in [0.29, 0.717) is 26.2 Å². The first-order valence-electron chi connectivity index (χ1n) is 10.0. The average molecular weight is 487 g/mol. The van der Waals surface area contributed by atoms with Gasteiger partial charge in [-0.25, -0.2) is 0 Å². The Balaban J connectivity index is 1.67. The average Bonchev–Trinajstić information content (AvgIpc) is 3.21. The Bertz CT molecular complexity index is 1160. The van der Waals surface area contributed by atoms with E-state index in [-0.39, 0.29) is 42.8 Å². The van der Waals surface area contributed by atoms with Gasteiger partial charge in [0.2, 0.25) is 0 Å². The fourth-order valence-electron chi connectivity index (χ4n) is 3.63. The second-order valence-corrected chi connectivity index (χ2v) is 9.14. The largest absolute Gasteiger partial charge is 0.466 e. The highest BCUT2D eigenvalue weighted by molar-refractivity contribution is 8.26. The molecule has 1 saturated heterocycles. The van der Waals surface area contributed by atoms with E-state index in [0.717, 1.165) is 17.3 Å². The van der Waals surface area contributed by atoms with Gasteiger partial charge in [0.1, 0.15) is 4.32 Å². The zero-order valence-electron chi connectivity index (χ0n) is 17.2. The second kappa shape index (κ2) is 9.44. The number of hydrogen-bond acceptors (Lipinski definition) is 6. The molecule has 2 aromatic rings. The van der Waals surface area contributed by atoms with Crippen molar-refractivity contribution in [3.05, 3.63) is 69.6 Å². The molecule has 0 N–H and O–H groups in total. The molecule has 1 fully saturated rings. The highest BCUT2D eigenvalue weighted by Crippen LogP contribution is 2.45. The fraction of sp³-hybridized carbons (Fsp3) is 0.217. The molecule has 0 unspecified atom stereocenters. The van der Waals surface area contributed by atoms with Crippen molar-refractivity contribution in [2.24, 2.45) is 0 Å². The van der Waals surface area contributed by atoms with Gasteiger partial charge < -0.3 is 9.64 Å². The monoisotopic (exact) mass is 486 g/mol. The van der Waals surface area contributed by atoms with Gasteiger partial charge in [0, 0.05) is 17.1 Å². The van der Waals surface area contributed by atoms with Gasteiger partial charge in [0.05, 0.1) is 35.7 Å². The van der Waals surface area contributed by atoms with Crippen LogP contribution in [0.5, 0.6) is 0 Å². The molecule has 2 aliphatic rings. The summed E-state index contributed by atoms with van der Waals surface area (Å²) in [6, 6.07) is 14.7. The number of carbonyl (C=O) groups is 3. The Labute approximate surface area is 200 Å². The number of fused-ring (bicyclic) bond motifs is 1. The molecule has 4 rings (SSSR count). The molecule has 2 heterocycles. The van der Waals surface area contributed by atoms with Gasteiger partial charge in [-0.15, -0.1) is 0 Å². The molecule has 32 heavy (non-hydrogen) atoms. The van der Waals surface area contributed by atoms with Crippen LogP contribution in [0.2, 0.25) is 5.02 Å². The molecule has 0 aliphatic carbocycles. The molecule has 0 bridgehead atoms. The lowest BCUT2D eigenvalue weighted by atomic mass is 10.1. The minimum Gasteiger partial charge on any atom is -0.466 e. The number of carbonyl (C=O) groups excluding carboxylic acids is 3. The van der Waals surface area contributed by atoms with E-state index in [1.807, 2.05) is 42.5 Å². The van der Waals surface area contributed by atoms with Gasteiger partial charge >= 0.3 is 5.97 Å². The molecule has 164 valence electrons. The lowest BCUT2D eigenvalue weighted by Crippen LogP contribution is -2.31. The third-order valence-corrected chi connectivity index (χ3v) is 6.95. The van der Waals surface area contributed by atoms with Crippen LogP contribution in [-0.4, -0.2) is 40.2 Å². The maximum absolute atomic E-state index is 13.5. The number of para-hydroxylation sites is 1. The summed E-state index contributed by atoms with van der Waals surface area (Å²) in [5.41, 5.74) is 2.52. The lowest BCUT2D eigenvalue weighted by molar-refractivity contribution is -0.143. The Morgan fingerprint density at radius 2 is 1.78 bits per heavy atom. The quantitative estimate of drug-likeness (QED) is 0.342. The summed E-state index contributed by atoms with van der Waals surface area (Å²) < 4.78 is 5.25. The first-order chi connectivity index (χ1) is 15.4. The summed E-state index contributed by atoms with van der Waals surface area (Å²) in [5, 5.41) is 0.566. The van der Waals surface area contributed by atoms with Crippen molar-refractivity contribution < 1.29 is 19.1 Å². The van der Waals surface area contributed by atoms with Crippen LogP contribution in [0, 0.1) is 0 Å². The number of amides is 2. The van der Waals surface area contributed by atoms with Gasteiger partial charge in [-0.1, -0.05) is 72.0 Å². The molecule has 2 aromatic carbocycles. The van der Waals surface area contributed by atoms with Crippen molar-refractivity contribution in [1.82, 2.24) is 4.90 Å². The SMILES string of the molecule is CCOC(=O)CCN1C(=O)/C(=C2/C(=O)N(Cc3ccccc3Cl)c3ccccc32)SC1=S. The molecule has 0 aromatic heterocycles. The Morgan fingerprint density at radius 3 is 2.53 bits per heavy atom. The van der Waals surface area contributed by atoms with Crippen molar-refractivity contribution in [1.29, 1.82) is 0 Å². The zero-order chi connectivity index (χ0) is 22.8. The molecule has 6 nitrogen and oxygen atoms in total. The number of benzene rings is 2. The normalized spacial score (nSPS) is 17.9. The first kappa shape index (κ1) is 22.5. The topological polar surface area (TPSA) is 66.9 Å². The number of thiocarbonyl (C=S) groups is 1. The minimum absolute atomic E-state index is 0.0338. The summed E-state index contributed by atoms with van der Waals surface area (Å²) in [5.74, 6) is -1.05. The fourth-order valence-corrected chi connectivity index (χ4v) is 5.21. The van der Waals surface area contributed by atoms with Crippen molar-refractivity contribution in [3.63, 3.8) is 0 Å². The Morgan fingerprint density at radius 1 is 1.06 bits per heavy atom. The number of halogens is 1. The zero-order valence-corrected chi connectivity index (χ0v) is 19.6. The number of nitrogens with zero attached hydrogens (tertiary/aromatic N) is 2. The highest BCUT2D eigenvalue weighted by Gasteiger charge is 2.42. The lowest BCUT2D eigenvalue weighted by Gasteiger charge is -2.18. The van der Waals surface area contributed by atoms with E-state index in [1.54, 1.807) is 17.9 Å². The van der Waals surface area contributed by atoms with Crippen molar-refractivity contribution >= 4 is 68.9 Å². The van der Waals surface area contributed by atoms with Crippen LogP contribution in [0.15, 0.2) is 53.4 Å². The molecule has 2 amide bonds. The summed E-state index contributed by atoms with van der Waals surface area (Å²) in [7, 11) is 0. The van der Waals surface area contributed by atoms with E-state index in [1.165, 1.54) is 4.90 Å². The molecule has 0 spiro atoms. The van der Waals surface area contributed by atoms with Gasteiger partial charge in [-0.3, -0.25) is 19.3 Å². The van der Waals surface area contributed by atoms with E-state index >= 15 is 0 Å². The number of esters is 1. The standard InChI is InChI=1S/C23H19ClN2O4S2/c1-2-30-18(27)11-12-25-22(29)20(32-23(25)31)19-15-8-4-6-10-17(15)26(21(19)28)13-14-7-3-5-9-16(14)24/h3-10H,2,11-13H2,1H3/b20-19-. The predicted octanol–water partition coefficient (Wildman–Crippen LogP) is 4.41. The van der Waals surface area contributed by atoms with E-state index in [9.17, 15) is 14.4 Å². The highest BCUT2D eigenvalue weighted by atomic mass is 35.5. The van der Waals surface area contributed by atoms with Crippen molar-refractivity contribution in [2.75, 3.05) is 18.1 Å². The number of anilines is 1. The van der Waals surface area contributed by atoms with Crippen LogP contribution >= 0.6 is 35.6 Å². The third kappa shape index (κ3) is 4.18. The number of hydrogen-bond donors (Lipinski definition) is 0. The maximum atomic E-state index is 13.5. The molecule has 0 atom stereocenters. The predicted molar refractivity (Wildman–Crippen MR) is 129 cm³/mol. The van der Waals surface area contributed by atoms with Gasteiger partial charge in [0.25, 0.3) is 11.8 Å². The molecule has 9 heteroatoms. The smallest absolute Gasteiger partial charge is 0.307 e. The van der Waals surface area contributed by atoms with Crippen molar-refractivity contribution in [2.45, 2.75) is 19.9 Å². The van der Waals surface area contributed by atoms with Crippen LogP contribution in [0.3, 0.4) is 0 Å². The number of rotatable bonds is 6. The molecule has 0 saturated carbocycles. The minimum atomic E-state index is -0.401. The number of thioether (sulfide) groups is 1. The van der Waals surface area contributed by atoms with E-state index in [2.05, 4.69) is 0 Å². The van der Waals surface area contributed by atoms with Crippen LogP contribution in [0.4, 0.5) is 5.69 Å². The summed E-state index contributed by atoms with van der Waals surface area (Å²) in [6.45, 7) is 2.38. The second-order valence-electron chi connectivity index (χ2n) is 7.08. The Kier molecular flexibility index (Phi) is 6.64. The van der Waals surface area contributed by atoms with Crippen LogP contribution < -0.4 is 4.90 Å². The van der Waals surface area contributed by atoms with E-state index in [4.69, 9.17) is 28.6 Å². The summed E-state index contributed by atoms with van der Waals surface area (Å²) in [6.07, 6.45) is 0.0338. The summed E-state index contributed by atoms with van der Waals surface area (Å²) >= 11 is 12.8. The van der Waals surface area contributed by atoms with Gasteiger partial charge in [-0.2, -0.15) is 0 Å². The Hall–Kier alpha value is -2.68. The maximum Gasteiger partial charge on any atom is 0.307 e. The molecular weight excluding hydrogens is 468 g/mol. The van der Waals surface area contributed by atoms with Crippen molar-refractivity contribution in [3.8, 4) is 0 Å². The molecule has 0 radical (unpaired) electrons. The van der Waals surface area contributed by atoms with Crippen LogP contribution in [0.25, 0.3) is 5.57 Å². The number of ether oxygens (including phenoxy) is 1. The van der Waals surface area contributed by atoms with Gasteiger partial charge in [-0.05, 0) is 24.6 Å². The van der Waals surface area contributed by atoms with Crippen LogP contribution in [0.1, 0.15) is 24.5 Å². The first-order valence-corrected chi connectivity index (χ1v) is 11.6. The van der Waals surface area contributed by atoms with E-state index < -0.39 is 5.97 Å². The molecule has 2 aliphatic heterocycles.